The summed E-state index contributed by atoms with van der Waals surface area (Å²) < 4.78 is 17.5. The number of carbonyl (C=O) groups excluding carboxylic acids is 1. The van der Waals surface area contributed by atoms with E-state index < -0.39 is 11.2 Å². The highest BCUT2D eigenvalue weighted by Crippen LogP contribution is 2.55. The summed E-state index contributed by atoms with van der Waals surface area (Å²) >= 11 is 0. The lowest BCUT2D eigenvalue weighted by Crippen LogP contribution is -2.56. The Kier molecular flexibility index (Phi) is 4.08. The molecule has 2 heterocycles. The number of rotatable bonds is 3. The summed E-state index contributed by atoms with van der Waals surface area (Å²) in [7, 11) is 3.20. The molecule has 3 aliphatic rings. The molecule has 1 saturated heterocycles. The molecule has 4 nitrogen and oxygen atoms in total. The Hall–Kier alpha value is -1.91. The summed E-state index contributed by atoms with van der Waals surface area (Å²) in [5.74, 6) is -0.310. The maximum atomic E-state index is 12.6. The first-order chi connectivity index (χ1) is 12.4. The van der Waals surface area contributed by atoms with Crippen molar-refractivity contribution in [3.8, 4) is 0 Å². The first kappa shape index (κ1) is 17.5. The van der Waals surface area contributed by atoms with Gasteiger partial charge >= 0.3 is 5.97 Å². The fourth-order valence-electron chi connectivity index (χ4n) is 5.11. The van der Waals surface area contributed by atoms with E-state index in [0.29, 0.717) is 6.42 Å². The molecule has 2 aliphatic heterocycles. The minimum Gasteiger partial charge on any atom is -0.469 e. The summed E-state index contributed by atoms with van der Waals surface area (Å²) in [5.41, 5.74) is 1.49. The molecular formula is C22H26O4. The lowest BCUT2D eigenvalue weighted by Gasteiger charge is -2.51. The Bertz CT molecular complexity index is 768. The largest absolute Gasteiger partial charge is 0.469 e. The SMILES string of the molecule is COC(=O)[C@H]1C[C@@H]2C(=C[C@H]1c1ccccc1)[C@@H](OC)[C@@]1(C)C=C[C@]2(C)O1. The molecule has 1 aromatic rings. The fraction of sp³-hybridized carbons (Fsp3) is 0.500. The van der Waals surface area contributed by atoms with Crippen LogP contribution in [0, 0.1) is 11.8 Å². The van der Waals surface area contributed by atoms with Crippen molar-refractivity contribution in [3.63, 3.8) is 0 Å². The van der Waals surface area contributed by atoms with E-state index in [1.165, 1.54) is 12.7 Å². The Morgan fingerprint density at radius 1 is 1.12 bits per heavy atom. The zero-order valence-electron chi connectivity index (χ0n) is 15.8. The molecule has 0 unspecified atom stereocenters. The molecular weight excluding hydrogens is 328 g/mol. The van der Waals surface area contributed by atoms with Crippen molar-refractivity contribution in [1.82, 2.24) is 0 Å². The van der Waals surface area contributed by atoms with E-state index in [-0.39, 0.29) is 29.8 Å². The third-order valence-corrected chi connectivity index (χ3v) is 6.32. The van der Waals surface area contributed by atoms with E-state index in [9.17, 15) is 4.79 Å². The Balaban J connectivity index is 1.84. The number of hydrogen-bond donors (Lipinski definition) is 0. The summed E-state index contributed by atoms with van der Waals surface area (Å²) in [5, 5.41) is 0. The van der Waals surface area contributed by atoms with Gasteiger partial charge < -0.3 is 14.2 Å². The molecule has 0 amide bonds. The van der Waals surface area contributed by atoms with Gasteiger partial charge in [-0.3, -0.25) is 4.79 Å². The van der Waals surface area contributed by atoms with E-state index >= 15 is 0 Å². The highest BCUT2D eigenvalue weighted by molar-refractivity contribution is 5.75. The first-order valence-corrected chi connectivity index (χ1v) is 9.19. The Morgan fingerprint density at radius 2 is 1.81 bits per heavy atom. The van der Waals surface area contributed by atoms with Crippen molar-refractivity contribution in [2.45, 2.75) is 43.5 Å². The van der Waals surface area contributed by atoms with Gasteiger partial charge in [0.15, 0.2) is 0 Å². The predicted octanol–water partition coefficient (Wildman–Crippen LogP) is 3.64. The second kappa shape index (κ2) is 6.07. The van der Waals surface area contributed by atoms with E-state index in [4.69, 9.17) is 14.2 Å². The number of hydrogen-bond acceptors (Lipinski definition) is 4. The van der Waals surface area contributed by atoms with Gasteiger partial charge in [0.2, 0.25) is 0 Å². The molecule has 4 rings (SSSR count). The molecule has 1 aromatic carbocycles. The third-order valence-electron chi connectivity index (χ3n) is 6.32. The molecule has 0 saturated carbocycles. The molecule has 0 N–H and O–H groups in total. The summed E-state index contributed by atoms with van der Waals surface area (Å²) in [4.78, 5) is 12.6. The standard InChI is InChI=1S/C22H26O4/c1-21-10-11-22(2,26-21)19(24-3)17-12-15(14-8-6-5-7-9-14)16(13-18(17)21)20(23)25-4/h5-12,15-16,18-19H,13H2,1-4H3/t15-,16-,18+,19+,21-,22+/m0/s1. The second-order valence-electron chi connectivity index (χ2n) is 7.94. The van der Waals surface area contributed by atoms with E-state index in [0.717, 1.165) is 5.56 Å². The second-order valence-corrected chi connectivity index (χ2v) is 7.94. The van der Waals surface area contributed by atoms with Gasteiger partial charge in [0.1, 0.15) is 11.7 Å². The monoisotopic (exact) mass is 354 g/mol. The van der Waals surface area contributed by atoms with Crippen molar-refractivity contribution in [2.75, 3.05) is 14.2 Å². The van der Waals surface area contributed by atoms with Crippen LogP contribution in [0.4, 0.5) is 0 Å². The zero-order valence-corrected chi connectivity index (χ0v) is 15.8. The van der Waals surface area contributed by atoms with Crippen LogP contribution in [-0.4, -0.2) is 37.5 Å². The molecule has 2 bridgehead atoms. The van der Waals surface area contributed by atoms with Crippen LogP contribution in [0.1, 0.15) is 31.7 Å². The molecule has 0 spiro atoms. The first-order valence-electron chi connectivity index (χ1n) is 9.19. The quantitative estimate of drug-likeness (QED) is 0.614. The van der Waals surface area contributed by atoms with Crippen LogP contribution in [-0.2, 0) is 19.0 Å². The average molecular weight is 354 g/mol. The van der Waals surface area contributed by atoms with Gasteiger partial charge in [-0.05, 0) is 31.4 Å². The Labute approximate surface area is 154 Å². The minimum absolute atomic E-state index is 0.0164. The van der Waals surface area contributed by atoms with Crippen LogP contribution < -0.4 is 0 Å². The van der Waals surface area contributed by atoms with Gasteiger partial charge in [-0.1, -0.05) is 48.6 Å². The normalized spacial score (nSPS) is 40.7. The lowest BCUT2D eigenvalue weighted by molar-refractivity contribution is -0.178. The molecule has 26 heavy (non-hydrogen) atoms. The molecule has 0 radical (unpaired) electrons. The van der Waals surface area contributed by atoms with Gasteiger partial charge in [0.25, 0.3) is 0 Å². The van der Waals surface area contributed by atoms with Gasteiger partial charge in [-0.15, -0.1) is 0 Å². The van der Waals surface area contributed by atoms with Crippen LogP contribution in [0.2, 0.25) is 0 Å². The van der Waals surface area contributed by atoms with Crippen LogP contribution in [0.15, 0.2) is 54.1 Å². The maximum Gasteiger partial charge on any atom is 0.309 e. The van der Waals surface area contributed by atoms with Crippen LogP contribution in [0.25, 0.3) is 0 Å². The van der Waals surface area contributed by atoms with Crippen molar-refractivity contribution in [1.29, 1.82) is 0 Å². The maximum absolute atomic E-state index is 12.6. The van der Waals surface area contributed by atoms with Gasteiger partial charge in [0.05, 0.1) is 18.6 Å². The van der Waals surface area contributed by atoms with Crippen molar-refractivity contribution < 1.29 is 19.0 Å². The van der Waals surface area contributed by atoms with Gasteiger partial charge in [-0.2, -0.15) is 0 Å². The van der Waals surface area contributed by atoms with E-state index in [1.807, 2.05) is 18.2 Å². The number of benzene rings is 1. The lowest BCUT2D eigenvalue weighted by atomic mass is 9.64. The van der Waals surface area contributed by atoms with E-state index in [1.54, 1.807) is 7.11 Å². The average Bonchev–Trinajstić information content (AvgIpc) is 2.94. The molecule has 0 aromatic heterocycles. The highest BCUT2D eigenvalue weighted by atomic mass is 16.6. The van der Waals surface area contributed by atoms with Crippen molar-refractivity contribution in [2.24, 2.45) is 11.8 Å². The molecule has 4 heteroatoms. The van der Waals surface area contributed by atoms with Crippen molar-refractivity contribution >= 4 is 5.97 Å². The third kappa shape index (κ3) is 2.47. The molecule has 1 aliphatic carbocycles. The summed E-state index contributed by atoms with van der Waals surface area (Å²) in [6.45, 7) is 4.18. The van der Waals surface area contributed by atoms with E-state index in [2.05, 4.69) is 44.2 Å². The fourth-order valence-corrected chi connectivity index (χ4v) is 5.11. The number of methoxy groups -OCH3 is 2. The Morgan fingerprint density at radius 3 is 2.46 bits per heavy atom. The summed E-state index contributed by atoms with van der Waals surface area (Å²) in [6, 6.07) is 10.2. The topological polar surface area (TPSA) is 44.8 Å². The zero-order chi connectivity index (χ0) is 18.5. The smallest absolute Gasteiger partial charge is 0.309 e. The predicted molar refractivity (Wildman–Crippen MR) is 98.7 cm³/mol. The van der Waals surface area contributed by atoms with Crippen LogP contribution in [0.3, 0.4) is 0 Å². The van der Waals surface area contributed by atoms with Crippen molar-refractivity contribution in [3.05, 3.63) is 59.7 Å². The number of esters is 1. The number of fused-ring (bicyclic) bond motifs is 4. The minimum atomic E-state index is -0.467. The van der Waals surface area contributed by atoms with Crippen LogP contribution in [0.5, 0.6) is 0 Å². The van der Waals surface area contributed by atoms with Crippen LogP contribution >= 0.6 is 0 Å². The molecule has 1 fully saturated rings. The number of allylic oxidation sites excluding steroid dienone is 1. The molecule has 6 atom stereocenters. The van der Waals surface area contributed by atoms with Gasteiger partial charge in [-0.25, -0.2) is 0 Å². The number of carbonyl (C=O) groups is 1. The van der Waals surface area contributed by atoms with Gasteiger partial charge in [0, 0.05) is 18.9 Å². The summed E-state index contributed by atoms with van der Waals surface area (Å²) in [6.07, 6.45) is 7.04. The highest BCUT2D eigenvalue weighted by Gasteiger charge is 2.59. The number of ether oxygens (including phenoxy) is 3. The molecule has 138 valence electrons.